The van der Waals surface area contributed by atoms with Crippen molar-refractivity contribution >= 4 is 0 Å². The molecule has 0 aliphatic carbocycles. The van der Waals surface area contributed by atoms with Crippen molar-refractivity contribution in [3.8, 4) is 0 Å². The first kappa shape index (κ1) is 10.2. The van der Waals surface area contributed by atoms with Gasteiger partial charge in [0.1, 0.15) is 0 Å². The van der Waals surface area contributed by atoms with Crippen LogP contribution in [0.5, 0.6) is 0 Å². The lowest BCUT2D eigenvalue weighted by atomic mass is 10.2. The van der Waals surface area contributed by atoms with Crippen LogP contribution in [-0.2, 0) is 16.1 Å². The fourth-order valence-electron chi connectivity index (χ4n) is 1.07. The topological polar surface area (TPSA) is 18.5 Å². The van der Waals surface area contributed by atoms with Crippen molar-refractivity contribution in [3.05, 3.63) is 35.9 Å². The van der Waals surface area contributed by atoms with Gasteiger partial charge in [0.05, 0.1) is 6.61 Å². The van der Waals surface area contributed by atoms with Gasteiger partial charge in [-0.15, -0.1) is 0 Å². The predicted molar refractivity (Wildman–Crippen MR) is 52.3 cm³/mol. The second kappa shape index (κ2) is 5.73. The van der Waals surface area contributed by atoms with Crippen LogP contribution in [0.1, 0.15) is 19.4 Å². The molecular formula is C11H16O2. The van der Waals surface area contributed by atoms with Gasteiger partial charge < -0.3 is 9.47 Å². The van der Waals surface area contributed by atoms with Crippen LogP contribution in [0.2, 0.25) is 0 Å². The summed E-state index contributed by atoms with van der Waals surface area (Å²) in [5, 5.41) is 0. The third-order valence-electron chi connectivity index (χ3n) is 1.73. The first-order valence-electron chi connectivity index (χ1n) is 4.60. The van der Waals surface area contributed by atoms with E-state index >= 15 is 0 Å². The lowest BCUT2D eigenvalue weighted by Gasteiger charge is -2.12. The van der Waals surface area contributed by atoms with Gasteiger partial charge in [0.15, 0.2) is 6.29 Å². The average Bonchev–Trinajstić information content (AvgIpc) is 2.17. The fourth-order valence-corrected chi connectivity index (χ4v) is 1.07. The molecule has 1 rings (SSSR count). The van der Waals surface area contributed by atoms with Gasteiger partial charge in [-0.2, -0.15) is 0 Å². The zero-order valence-corrected chi connectivity index (χ0v) is 8.19. The summed E-state index contributed by atoms with van der Waals surface area (Å²) >= 11 is 0. The first-order chi connectivity index (χ1) is 6.33. The van der Waals surface area contributed by atoms with Crippen molar-refractivity contribution in [1.82, 2.24) is 0 Å². The minimum absolute atomic E-state index is 0.120. The van der Waals surface area contributed by atoms with E-state index in [2.05, 4.69) is 0 Å². The standard InChI is InChI=1S/C11H16O2/c1-3-12-10(2)13-9-11-7-5-4-6-8-11/h4-8,10H,3,9H2,1-2H3. The fraction of sp³-hybridized carbons (Fsp3) is 0.455. The van der Waals surface area contributed by atoms with E-state index in [4.69, 9.17) is 9.47 Å². The molecule has 0 aliphatic rings. The second-order valence-corrected chi connectivity index (χ2v) is 2.82. The van der Waals surface area contributed by atoms with Gasteiger partial charge >= 0.3 is 0 Å². The number of ether oxygens (including phenoxy) is 2. The van der Waals surface area contributed by atoms with E-state index in [1.54, 1.807) is 0 Å². The molecule has 0 fully saturated rings. The molecular weight excluding hydrogens is 164 g/mol. The molecule has 0 saturated carbocycles. The summed E-state index contributed by atoms with van der Waals surface area (Å²) in [5.74, 6) is 0. The Balaban J connectivity index is 2.27. The van der Waals surface area contributed by atoms with Crippen LogP contribution >= 0.6 is 0 Å². The smallest absolute Gasteiger partial charge is 0.155 e. The second-order valence-electron chi connectivity index (χ2n) is 2.82. The summed E-state index contributed by atoms with van der Waals surface area (Å²) in [5.41, 5.74) is 1.18. The highest BCUT2D eigenvalue weighted by molar-refractivity contribution is 5.13. The van der Waals surface area contributed by atoms with Gasteiger partial charge in [0.2, 0.25) is 0 Å². The normalized spacial score (nSPS) is 12.8. The Hall–Kier alpha value is -0.860. The Morgan fingerprint density at radius 3 is 2.46 bits per heavy atom. The van der Waals surface area contributed by atoms with Gasteiger partial charge in [-0.3, -0.25) is 0 Å². The molecule has 0 aliphatic heterocycles. The molecule has 2 heteroatoms. The van der Waals surface area contributed by atoms with Crippen molar-refractivity contribution in [2.24, 2.45) is 0 Å². The molecule has 0 heterocycles. The number of rotatable bonds is 5. The van der Waals surface area contributed by atoms with Gasteiger partial charge in [-0.05, 0) is 19.4 Å². The molecule has 72 valence electrons. The number of benzene rings is 1. The Morgan fingerprint density at radius 2 is 1.85 bits per heavy atom. The predicted octanol–water partition coefficient (Wildman–Crippen LogP) is 2.59. The molecule has 0 aromatic heterocycles. The van der Waals surface area contributed by atoms with E-state index in [1.165, 1.54) is 5.56 Å². The quantitative estimate of drug-likeness (QED) is 0.648. The Morgan fingerprint density at radius 1 is 1.15 bits per heavy atom. The SMILES string of the molecule is CCOC(C)OCc1ccccc1. The van der Waals surface area contributed by atoms with Crippen LogP contribution in [0.15, 0.2) is 30.3 Å². The van der Waals surface area contributed by atoms with E-state index in [1.807, 2.05) is 44.2 Å². The summed E-state index contributed by atoms with van der Waals surface area (Å²) in [6.07, 6.45) is -0.120. The molecule has 1 unspecified atom stereocenters. The zero-order valence-electron chi connectivity index (χ0n) is 8.19. The molecule has 1 atom stereocenters. The summed E-state index contributed by atoms with van der Waals surface area (Å²) in [4.78, 5) is 0. The van der Waals surface area contributed by atoms with Crippen molar-refractivity contribution in [1.29, 1.82) is 0 Å². The summed E-state index contributed by atoms with van der Waals surface area (Å²) in [6.45, 7) is 5.17. The van der Waals surface area contributed by atoms with E-state index < -0.39 is 0 Å². The lowest BCUT2D eigenvalue weighted by molar-refractivity contribution is -0.134. The minimum atomic E-state index is -0.120. The Bertz CT molecular complexity index is 221. The third-order valence-corrected chi connectivity index (χ3v) is 1.73. The maximum absolute atomic E-state index is 5.45. The summed E-state index contributed by atoms with van der Waals surface area (Å²) in [6, 6.07) is 10.1. The highest BCUT2D eigenvalue weighted by Gasteiger charge is 1.99. The Kier molecular flexibility index (Phi) is 4.50. The maximum Gasteiger partial charge on any atom is 0.155 e. The number of hydrogen-bond donors (Lipinski definition) is 0. The van der Waals surface area contributed by atoms with Crippen LogP contribution in [-0.4, -0.2) is 12.9 Å². The van der Waals surface area contributed by atoms with Crippen LogP contribution in [0.3, 0.4) is 0 Å². The molecule has 0 bridgehead atoms. The van der Waals surface area contributed by atoms with Gasteiger partial charge in [0, 0.05) is 6.61 Å². The van der Waals surface area contributed by atoms with Crippen LogP contribution in [0.25, 0.3) is 0 Å². The van der Waals surface area contributed by atoms with Crippen LogP contribution in [0, 0.1) is 0 Å². The molecule has 0 spiro atoms. The lowest BCUT2D eigenvalue weighted by Crippen LogP contribution is -2.12. The van der Waals surface area contributed by atoms with Gasteiger partial charge in [0.25, 0.3) is 0 Å². The molecule has 1 aromatic carbocycles. The number of hydrogen-bond acceptors (Lipinski definition) is 2. The Labute approximate surface area is 79.5 Å². The van der Waals surface area contributed by atoms with E-state index in [0.29, 0.717) is 13.2 Å². The van der Waals surface area contributed by atoms with E-state index in [-0.39, 0.29) is 6.29 Å². The molecule has 0 amide bonds. The highest BCUT2D eigenvalue weighted by atomic mass is 16.7. The van der Waals surface area contributed by atoms with Gasteiger partial charge in [-0.25, -0.2) is 0 Å². The van der Waals surface area contributed by atoms with Crippen LogP contribution in [0.4, 0.5) is 0 Å². The molecule has 13 heavy (non-hydrogen) atoms. The minimum Gasteiger partial charge on any atom is -0.353 e. The van der Waals surface area contributed by atoms with Crippen molar-refractivity contribution in [2.45, 2.75) is 26.7 Å². The summed E-state index contributed by atoms with van der Waals surface area (Å²) < 4.78 is 10.7. The van der Waals surface area contributed by atoms with Crippen molar-refractivity contribution in [2.75, 3.05) is 6.61 Å². The van der Waals surface area contributed by atoms with E-state index in [0.717, 1.165) is 0 Å². The zero-order chi connectivity index (χ0) is 9.52. The molecule has 1 aromatic rings. The van der Waals surface area contributed by atoms with Crippen LogP contribution < -0.4 is 0 Å². The monoisotopic (exact) mass is 180 g/mol. The van der Waals surface area contributed by atoms with E-state index in [9.17, 15) is 0 Å². The van der Waals surface area contributed by atoms with Crippen molar-refractivity contribution in [3.63, 3.8) is 0 Å². The molecule has 0 radical (unpaired) electrons. The first-order valence-corrected chi connectivity index (χ1v) is 4.60. The maximum atomic E-state index is 5.45. The molecule has 0 saturated heterocycles. The average molecular weight is 180 g/mol. The molecule has 0 N–H and O–H groups in total. The largest absolute Gasteiger partial charge is 0.353 e. The summed E-state index contributed by atoms with van der Waals surface area (Å²) in [7, 11) is 0. The highest BCUT2D eigenvalue weighted by Crippen LogP contribution is 2.03. The van der Waals surface area contributed by atoms with Crippen molar-refractivity contribution < 1.29 is 9.47 Å². The molecule has 2 nitrogen and oxygen atoms in total. The van der Waals surface area contributed by atoms with Gasteiger partial charge in [-0.1, -0.05) is 30.3 Å². The third kappa shape index (κ3) is 4.06.